The average molecular weight is 302 g/mol. The Balaban J connectivity index is 2.42. The van der Waals surface area contributed by atoms with Crippen molar-refractivity contribution in [2.45, 2.75) is 20.8 Å². The normalized spacial score (nSPS) is 11.1. The van der Waals surface area contributed by atoms with Crippen molar-refractivity contribution in [3.63, 3.8) is 0 Å². The summed E-state index contributed by atoms with van der Waals surface area (Å²) in [5.41, 5.74) is -0.506. The van der Waals surface area contributed by atoms with Crippen molar-refractivity contribution in [1.82, 2.24) is 5.32 Å². The van der Waals surface area contributed by atoms with Crippen molar-refractivity contribution < 1.29 is 18.7 Å². The predicted molar refractivity (Wildman–Crippen MR) is 74.4 cm³/mol. The van der Waals surface area contributed by atoms with Gasteiger partial charge in [0, 0.05) is 5.41 Å². The summed E-state index contributed by atoms with van der Waals surface area (Å²) in [7, 11) is 0. The minimum Gasteiger partial charge on any atom is -0.482 e. The first-order valence-corrected chi connectivity index (χ1v) is 6.46. The van der Waals surface area contributed by atoms with Crippen molar-refractivity contribution >= 4 is 23.3 Å². The van der Waals surface area contributed by atoms with Crippen LogP contribution in [0.5, 0.6) is 5.75 Å². The maximum Gasteiger partial charge on any atom is 0.258 e. The van der Waals surface area contributed by atoms with Gasteiger partial charge in [0.2, 0.25) is 0 Å². The third-order valence-electron chi connectivity index (χ3n) is 2.54. The Bertz CT molecular complexity index is 512. The van der Waals surface area contributed by atoms with Crippen molar-refractivity contribution in [3.05, 3.63) is 29.0 Å². The zero-order valence-corrected chi connectivity index (χ0v) is 12.4. The van der Waals surface area contributed by atoms with E-state index in [0.29, 0.717) is 0 Å². The molecular formula is C14H17ClFNO3. The van der Waals surface area contributed by atoms with Crippen LogP contribution in [0.1, 0.15) is 20.8 Å². The zero-order chi connectivity index (χ0) is 15.3. The maximum absolute atomic E-state index is 12.8. The van der Waals surface area contributed by atoms with Crippen LogP contribution < -0.4 is 10.1 Å². The number of ether oxygens (including phenoxy) is 1. The van der Waals surface area contributed by atoms with Crippen molar-refractivity contribution in [3.8, 4) is 5.75 Å². The van der Waals surface area contributed by atoms with Crippen molar-refractivity contribution in [2.75, 3.05) is 13.2 Å². The maximum atomic E-state index is 12.8. The molecule has 4 nitrogen and oxygen atoms in total. The van der Waals surface area contributed by atoms with Crippen LogP contribution in [0, 0.1) is 11.2 Å². The number of rotatable bonds is 5. The number of amides is 1. The fraction of sp³-hybridized carbons (Fsp3) is 0.429. The molecule has 0 spiro atoms. The molecule has 20 heavy (non-hydrogen) atoms. The number of ketones is 1. The quantitative estimate of drug-likeness (QED) is 0.909. The molecule has 110 valence electrons. The predicted octanol–water partition coefficient (Wildman–Crippen LogP) is 2.59. The SMILES string of the molecule is CC(C)(C)C(=O)CNC(=O)COc1ccc(F)cc1Cl. The van der Waals surface area contributed by atoms with Gasteiger partial charge in [0.1, 0.15) is 11.6 Å². The highest BCUT2D eigenvalue weighted by Crippen LogP contribution is 2.24. The summed E-state index contributed by atoms with van der Waals surface area (Å²) >= 11 is 5.75. The van der Waals surface area contributed by atoms with Crippen LogP contribution in [0.15, 0.2) is 18.2 Å². The minimum atomic E-state index is -0.506. The van der Waals surface area contributed by atoms with E-state index in [-0.39, 0.29) is 29.7 Å². The molecule has 1 N–H and O–H groups in total. The average Bonchev–Trinajstić information content (AvgIpc) is 2.33. The number of halogens is 2. The molecule has 0 aliphatic carbocycles. The molecule has 1 aromatic rings. The second-order valence-electron chi connectivity index (χ2n) is 5.31. The molecule has 0 bridgehead atoms. The van der Waals surface area contributed by atoms with Crippen LogP contribution in [0.2, 0.25) is 5.02 Å². The van der Waals surface area contributed by atoms with E-state index >= 15 is 0 Å². The molecular weight excluding hydrogens is 285 g/mol. The van der Waals surface area contributed by atoms with E-state index in [1.165, 1.54) is 12.1 Å². The first-order valence-electron chi connectivity index (χ1n) is 6.08. The molecule has 0 radical (unpaired) electrons. The molecule has 0 unspecified atom stereocenters. The molecule has 1 rings (SSSR count). The number of carbonyl (C=O) groups excluding carboxylic acids is 2. The molecule has 0 heterocycles. The number of carbonyl (C=O) groups is 2. The summed E-state index contributed by atoms with van der Waals surface area (Å²) in [6, 6.07) is 3.62. The molecule has 0 saturated heterocycles. The molecule has 0 aliphatic rings. The van der Waals surface area contributed by atoms with Crippen LogP contribution in [-0.4, -0.2) is 24.8 Å². The Morgan fingerprint density at radius 3 is 2.55 bits per heavy atom. The van der Waals surface area contributed by atoms with Gasteiger partial charge in [0.25, 0.3) is 5.91 Å². The molecule has 6 heteroatoms. The van der Waals surface area contributed by atoms with Crippen LogP contribution in [0.25, 0.3) is 0 Å². The van der Waals surface area contributed by atoms with Crippen LogP contribution in [-0.2, 0) is 9.59 Å². The van der Waals surface area contributed by atoms with E-state index in [2.05, 4.69) is 5.32 Å². The fourth-order valence-electron chi connectivity index (χ4n) is 1.23. The van der Waals surface area contributed by atoms with Crippen molar-refractivity contribution in [2.24, 2.45) is 5.41 Å². The summed E-state index contributed by atoms with van der Waals surface area (Å²) in [5.74, 6) is -0.790. The van der Waals surface area contributed by atoms with E-state index < -0.39 is 17.1 Å². The summed E-state index contributed by atoms with van der Waals surface area (Å²) in [6.07, 6.45) is 0. The Hall–Kier alpha value is -1.62. The Labute approximate surface area is 122 Å². The third-order valence-corrected chi connectivity index (χ3v) is 2.83. The van der Waals surface area contributed by atoms with Crippen LogP contribution in [0.3, 0.4) is 0 Å². The number of Topliss-reactive ketones (excluding diaryl/α,β-unsaturated/α-hetero) is 1. The van der Waals surface area contributed by atoms with Crippen molar-refractivity contribution in [1.29, 1.82) is 0 Å². The first kappa shape index (κ1) is 16.4. The zero-order valence-electron chi connectivity index (χ0n) is 11.6. The van der Waals surface area contributed by atoms with Gasteiger partial charge in [0.05, 0.1) is 11.6 Å². The highest BCUT2D eigenvalue weighted by atomic mass is 35.5. The lowest BCUT2D eigenvalue weighted by atomic mass is 9.91. The number of hydrogen-bond donors (Lipinski definition) is 1. The van der Waals surface area contributed by atoms with Gasteiger partial charge >= 0.3 is 0 Å². The highest BCUT2D eigenvalue weighted by molar-refractivity contribution is 6.32. The van der Waals surface area contributed by atoms with Gasteiger partial charge in [-0.1, -0.05) is 32.4 Å². The summed E-state index contributed by atoms with van der Waals surface area (Å²) in [6.45, 7) is 4.98. The second-order valence-corrected chi connectivity index (χ2v) is 5.72. The third kappa shape index (κ3) is 5.17. The summed E-state index contributed by atoms with van der Waals surface area (Å²) in [4.78, 5) is 23.1. The van der Waals surface area contributed by atoms with Gasteiger partial charge in [-0.2, -0.15) is 0 Å². The van der Waals surface area contributed by atoms with Gasteiger partial charge in [-0.05, 0) is 18.2 Å². The standard InChI is InChI=1S/C14H17ClFNO3/c1-14(2,3)12(18)7-17-13(19)8-20-11-5-4-9(16)6-10(11)15/h4-6H,7-8H2,1-3H3,(H,17,19). The summed E-state index contributed by atoms with van der Waals surface area (Å²) < 4.78 is 18.0. The van der Waals surface area contributed by atoms with Gasteiger partial charge < -0.3 is 10.1 Å². The van der Waals surface area contributed by atoms with E-state index in [1.807, 2.05) is 0 Å². The van der Waals surface area contributed by atoms with Gasteiger partial charge in [0.15, 0.2) is 12.4 Å². The highest BCUT2D eigenvalue weighted by Gasteiger charge is 2.21. The molecule has 0 atom stereocenters. The monoisotopic (exact) mass is 301 g/mol. The Kier molecular flexibility index (Phi) is 5.51. The molecule has 0 saturated carbocycles. The molecule has 1 aromatic carbocycles. The topological polar surface area (TPSA) is 55.4 Å². The minimum absolute atomic E-state index is 0.0527. The van der Waals surface area contributed by atoms with Gasteiger partial charge in [-0.25, -0.2) is 4.39 Å². The second kappa shape index (κ2) is 6.70. The van der Waals surface area contributed by atoms with E-state index in [0.717, 1.165) is 6.07 Å². The molecule has 0 aromatic heterocycles. The van der Waals surface area contributed by atoms with Crippen LogP contribution >= 0.6 is 11.6 Å². The van der Waals surface area contributed by atoms with E-state index in [9.17, 15) is 14.0 Å². The lowest BCUT2D eigenvalue weighted by Gasteiger charge is -2.16. The fourth-order valence-corrected chi connectivity index (χ4v) is 1.45. The van der Waals surface area contributed by atoms with Gasteiger partial charge in [-0.3, -0.25) is 9.59 Å². The van der Waals surface area contributed by atoms with E-state index in [4.69, 9.17) is 16.3 Å². The number of nitrogens with one attached hydrogen (secondary N) is 1. The van der Waals surface area contributed by atoms with Crippen LogP contribution in [0.4, 0.5) is 4.39 Å². The number of hydrogen-bond acceptors (Lipinski definition) is 3. The Morgan fingerprint density at radius 1 is 1.35 bits per heavy atom. The molecule has 0 aliphatic heterocycles. The number of benzene rings is 1. The first-order chi connectivity index (χ1) is 9.20. The molecule has 0 fully saturated rings. The lowest BCUT2D eigenvalue weighted by molar-refractivity contribution is -0.129. The van der Waals surface area contributed by atoms with Gasteiger partial charge in [-0.15, -0.1) is 0 Å². The largest absolute Gasteiger partial charge is 0.482 e. The smallest absolute Gasteiger partial charge is 0.258 e. The summed E-state index contributed by atoms with van der Waals surface area (Å²) in [5, 5.41) is 2.55. The Morgan fingerprint density at radius 2 is 2.00 bits per heavy atom. The molecule has 1 amide bonds. The van der Waals surface area contributed by atoms with E-state index in [1.54, 1.807) is 20.8 Å². The lowest BCUT2D eigenvalue weighted by Crippen LogP contribution is -2.37.